The lowest BCUT2D eigenvalue weighted by Crippen LogP contribution is -2.51. The number of aliphatic hydroxyl groups is 1. The number of aliphatic hydroxyl groups excluding tert-OH is 1. The summed E-state index contributed by atoms with van der Waals surface area (Å²) in [5.41, 5.74) is 2.54. The Morgan fingerprint density at radius 2 is 2.32 bits per heavy atom. The molecule has 6 heteroatoms. The van der Waals surface area contributed by atoms with Crippen molar-refractivity contribution in [1.82, 2.24) is 15.1 Å². The Morgan fingerprint density at radius 3 is 3.12 bits per heavy atom. The number of hydrogen-bond acceptors (Lipinski definition) is 4. The number of likely N-dealkylation sites (tertiary alicyclic amines) is 1. The van der Waals surface area contributed by atoms with Crippen LogP contribution in [0.15, 0.2) is 30.5 Å². The average molecular weight is 345 g/mol. The molecule has 2 N–H and O–H groups in total. The first-order chi connectivity index (χ1) is 12.1. The second-order valence-corrected chi connectivity index (χ2v) is 7.21. The molecule has 2 heterocycles. The van der Waals surface area contributed by atoms with Gasteiger partial charge in [-0.05, 0) is 37.8 Å². The van der Waals surface area contributed by atoms with Crippen molar-refractivity contribution >= 4 is 0 Å². The van der Waals surface area contributed by atoms with E-state index in [1.165, 1.54) is 12.1 Å². The Labute approximate surface area is 146 Å². The molecule has 1 aliphatic heterocycles. The maximum atomic E-state index is 13.6. The van der Waals surface area contributed by atoms with Gasteiger partial charge in [0.1, 0.15) is 5.82 Å². The average Bonchev–Trinajstić information content (AvgIpc) is 3.21. The maximum absolute atomic E-state index is 13.6. The van der Waals surface area contributed by atoms with Gasteiger partial charge in [-0.2, -0.15) is 5.10 Å². The van der Waals surface area contributed by atoms with E-state index in [0.717, 1.165) is 49.0 Å². The molecular formula is C19H24FN3O2. The van der Waals surface area contributed by atoms with Crippen molar-refractivity contribution in [2.24, 2.45) is 0 Å². The van der Waals surface area contributed by atoms with Gasteiger partial charge in [0.05, 0.1) is 23.6 Å². The first-order valence-corrected chi connectivity index (χ1v) is 8.87. The van der Waals surface area contributed by atoms with E-state index < -0.39 is 0 Å². The summed E-state index contributed by atoms with van der Waals surface area (Å²) in [5.74, 6) is -0.256. The minimum absolute atomic E-state index is 0.151. The van der Waals surface area contributed by atoms with Gasteiger partial charge < -0.3 is 9.84 Å². The summed E-state index contributed by atoms with van der Waals surface area (Å²) in [6.45, 7) is 1.64. The summed E-state index contributed by atoms with van der Waals surface area (Å²) in [7, 11) is 1.78. The van der Waals surface area contributed by atoms with Gasteiger partial charge in [-0.3, -0.25) is 10.00 Å². The molecule has 134 valence electrons. The third kappa shape index (κ3) is 2.99. The molecule has 0 radical (unpaired) electrons. The van der Waals surface area contributed by atoms with Crippen molar-refractivity contribution in [2.75, 3.05) is 13.7 Å². The molecule has 2 unspecified atom stereocenters. The molecular weight excluding hydrogens is 321 g/mol. The molecule has 4 rings (SSSR count). The number of hydrogen-bond donors (Lipinski definition) is 2. The van der Waals surface area contributed by atoms with Gasteiger partial charge in [0, 0.05) is 37.4 Å². The lowest BCUT2D eigenvalue weighted by atomic mass is 9.79. The minimum atomic E-state index is -0.263. The zero-order chi connectivity index (χ0) is 17.4. The summed E-state index contributed by atoms with van der Waals surface area (Å²) in [5, 5.41) is 17.3. The van der Waals surface area contributed by atoms with Crippen LogP contribution in [0, 0.1) is 5.82 Å². The highest BCUT2D eigenvalue weighted by atomic mass is 19.1. The largest absolute Gasteiger partial charge is 0.393 e. The molecule has 0 amide bonds. The second kappa shape index (κ2) is 6.52. The lowest BCUT2D eigenvalue weighted by molar-refractivity contribution is -0.0879. The smallest absolute Gasteiger partial charge is 0.123 e. The topological polar surface area (TPSA) is 61.4 Å². The molecule has 2 aliphatic rings. The number of ether oxygens (including phenoxy) is 1. The second-order valence-electron chi connectivity index (χ2n) is 7.21. The van der Waals surface area contributed by atoms with E-state index >= 15 is 0 Å². The Kier molecular flexibility index (Phi) is 4.35. The van der Waals surface area contributed by atoms with Gasteiger partial charge in [-0.15, -0.1) is 0 Å². The van der Waals surface area contributed by atoms with E-state index in [2.05, 4.69) is 15.1 Å². The third-order valence-electron chi connectivity index (χ3n) is 5.88. The first kappa shape index (κ1) is 16.7. The number of aromatic amines is 1. The zero-order valence-electron chi connectivity index (χ0n) is 14.4. The van der Waals surface area contributed by atoms with Crippen LogP contribution in [-0.4, -0.2) is 51.6 Å². The molecule has 1 aliphatic carbocycles. The van der Waals surface area contributed by atoms with Gasteiger partial charge in [-0.1, -0.05) is 12.1 Å². The summed E-state index contributed by atoms with van der Waals surface area (Å²) < 4.78 is 19.5. The number of fused-ring (bicyclic) bond motifs is 1. The highest BCUT2D eigenvalue weighted by Gasteiger charge is 2.50. The summed E-state index contributed by atoms with van der Waals surface area (Å²) >= 11 is 0. The molecule has 1 aromatic heterocycles. The standard InChI is InChI=1S/C19H24FN3O2/c1-25-19-6-5-16(24)10-17(19)23(8-7-19)12-14-11-21-22-18(14)13-3-2-4-15(20)9-13/h2-4,9,11,16-17,24H,5-8,10,12H2,1H3,(H,21,22)/t16?,17?,19-/m1/s1. The van der Waals surface area contributed by atoms with Crippen LogP contribution >= 0.6 is 0 Å². The lowest BCUT2D eigenvalue weighted by Gasteiger charge is -2.42. The summed E-state index contributed by atoms with van der Waals surface area (Å²) in [6, 6.07) is 6.75. The molecule has 5 nitrogen and oxygen atoms in total. The zero-order valence-corrected chi connectivity index (χ0v) is 14.4. The minimum Gasteiger partial charge on any atom is -0.393 e. The Bertz CT molecular complexity index is 750. The number of nitrogens with zero attached hydrogens (tertiary/aromatic N) is 2. The number of halogens is 1. The SMILES string of the molecule is CO[C@@]12CCC(O)CC1N(Cc1cn[nH]c1-c1cccc(F)c1)CC2. The molecule has 2 fully saturated rings. The van der Waals surface area contributed by atoms with Crippen molar-refractivity contribution in [3.63, 3.8) is 0 Å². The van der Waals surface area contributed by atoms with E-state index in [4.69, 9.17) is 4.74 Å². The quantitative estimate of drug-likeness (QED) is 0.894. The monoisotopic (exact) mass is 345 g/mol. The Balaban J connectivity index is 1.58. The predicted molar refractivity (Wildman–Crippen MR) is 92.4 cm³/mol. The van der Waals surface area contributed by atoms with Crippen LogP contribution in [0.3, 0.4) is 0 Å². The van der Waals surface area contributed by atoms with E-state index in [1.807, 2.05) is 12.3 Å². The molecule has 2 aromatic rings. The molecule has 1 saturated carbocycles. The fourth-order valence-corrected chi connectivity index (χ4v) is 4.50. The van der Waals surface area contributed by atoms with Crippen molar-refractivity contribution in [3.8, 4) is 11.3 Å². The van der Waals surface area contributed by atoms with E-state index in [9.17, 15) is 9.50 Å². The first-order valence-electron chi connectivity index (χ1n) is 8.87. The normalized spacial score (nSPS) is 29.7. The molecule has 25 heavy (non-hydrogen) atoms. The molecule has 3 atom stereocenters. The fraction of sp³-hybridized carbons (Fsp3) is 0.526. The van der Waals surface area contributed by atoms with Crippen LogP contribution < -0.4 is 0 Å². The number of benzene rings is 1. The van der Waals surface area contributed by atoms with Gasteiger partial charge >= 0.3 is 0 Å². The van der Waals surface area contributed by atoms with Crippen molar-refractivity contribution in [2.45, 2.75) is 50.0 Å². The summed E-state index contributed by atoms with van der Waals surface area (Å²) in [6.07, 6.45) is 4.97. The molecule has 0 spiro atoms. The predicted octanol–water partition coefficient (Wildman–Crippen LogP) is 2.72. The van der Waals surface area contributed by atoms with E-state index in [1.54, 1.807) is 13.2 Å². The van der Waals surface area contributed by atoms with Gasteiger partial charge in [0.2, 0.25) is 0 Å². The number of H-pyrrole nitrogens is 1. The fourth-order valence-electron chi connectivity index (χ4n) is 4.50. The highest BCUT2D eigenvalue weighted by molar-refractivity contribution is 5.62. The van der Waals surface area contributed by atoms with E-state index in [0.29, 0.717) is 6.54 Å². The molecule has 1 aromatic carbocycles. The number of rotatable bonds is 4. The van der Waals surface area contributed by atoms with Crippen molar-refractivity contribution in [1.29, 1.82) is 0 Å². The van der Waals surface area contributed by atoms with Gasteiger partial charge in [0.25, 0.3) is 0 Å². The van der Waals surface area contributed by atoms with Crippen LogP contribution in [0.2, 0.25) is 0 Å². The number of nitrogens with one attached hydrogen (secondary N) is 1. The number of aromatic nitrogens is 2. The van der Waals surface area contributed by atoms with Gasteiger partial charge in [-0.25, -0.2) is 4.39 Å². The van der Waals surface area contributed by atoms with Crippen LogP contribution in [0.5, 0.6) is 0 Å². The van der Waals surface area contributed by atoms with Crippen LogP contribution in [0.4, 0.5) is 4.39 Å². The van der Waals surface area contributed by atoms with Crippen molar-refractivity contribution in [3.05, 3.63) is 41.8 Å². The third-order valence-corrected chi connectivity index (χ3v) is 5.88. The Morgan fingerprint density at radius 1 is 1.44 bits per heavy atom. The van der Waals surface area contributed by atoms with Crippen LogP contribution in [-0.2, 0) is 11.3 Å². The van der Waals surface area contributed by atoms with Crippen LogP contribution in [0.1, 0.15) is 31.2 Å². The van der Waals surface area contributed by atoms with Gasteiger partial charge in [0.15, 0.2) is 0 Å². The van der Waals surface area contributed by atoms with E-state index in [-0.39, 0.29) is 23.6 Å². The Hall–Kier alpha value is -1.76. The number of methoxy groups -OCH3 is 1. The van der Waals surface area contributed by atoms with Crippen molar-refractivity contribution < 1.29 is 14.2 Å². The van der Waals surface area contributed by atoms with Crippen LogP contribution in [0.25, 0.3) is 11.3 Å². The maximum Gasteiger partial charge on any atom is 0.123 e. The molecule has 1 saturated heterocycles. The summed E-state index contributed by atoms with van der Waals surface area (Å²) in [4.78, 5) is 2.37. The molecule has 0 bridgehead atoms. The highest BCUT2D eigenvalue weighted by Crippen LogP contribution is 2.43.